The number of nitrogens with two attached hydrogens (primary N) is 1. The van der Waals surface area contributed by atoms with E-state index < -0.39 is 11.7 Å². The van der Waals surface area contributed by atoms with E-state index in [0.29, 0.717) is 40.5 Å². The third-order valence-corrected chi connectivity index (χ3v) is 5.82. The molecule has 0 aliphatic carbocycles. The average Bonchev–Trinajstić information content (AvgIpc) is 3.41. The molecule has 4 aromatic heterocycles. The zero-order valence-corrected chi connectivity index (χ0v) is 19.5. The standard InChI is InChI=1S/C17H13F3N6O.C6H13NO/c1-7-13(8(2)27-26-7)12-4-3-9-10(5-22-15(9)24-12)14-11(17(18,19)20)6-23-16(21)25-14;1-8-6-2-4-7-5-3-6/h3-6H,1-2H3,(H,22,24)(H2,21,23,25);6-7H,2-5H2,1H3. The number of piperidine rings is 1. The van der Waals surface area contributed by atoms with Crippen LogP contribution in [0.3, 0.4) is 0 Å². The van der Waals surface area contributed by atoms with Crippen LogP contribution in [0.4, 0.5) is 19.1 Å². The Labute approximate surface area is 199 Å². The molecule has 4 N–H and O–H groups in total. The van der Waals surface area contributed by atoms with E-state index >= 15 is 0 Å². The molecule has 1 saturated heterocycles. The molecule has 1 aliphatic heterocycles. The summed E-state index contributed by atoms with van der Waals surface area (Å²) in [6.07, 6.45) is 0.369. The van der Waals surface area contributed by atoms with Gasteiger partial charge >= 0.3 is 6.18 Å². The number of rotatable bonds is 3. The molecule has 5 rings (SSSR count). The number of hydrogen-bond donors (Lipinski definition) is 3. The third kappa shape index (κ3) is 5.28. The van der Waals surface area contributed by atoms with Gasteiger partial charge in [-0.15, -0.1) is 0 Å². The number of nitrogens with zero attached hydrogens (tertiary/aromatic N) is 4. The number of nitrogen functional groups attached to an aromatic ring is 1. The largest absolute Gasteiger partial charge is 0.419 e. The molecule has 0 amide bonds. The number of anilines is 1. The van der Waals surface area contributed by atoms with Crippen LogP contribution in [0.15, 0.2) is 29.0 Å². The fraction of sp³-hybridized carbons (Fsp3) is 0.391. The van der Waals surface area contributed by atoms with E-state index in [-0.39, 0.29) is 17.2 Å². The average molecular weight is 490 g/mol. The first-order valence-electron chi connectivity index (χ1n) is 11.0. The van der Waals surface area contributed by atoms with E-state index in [1.165, 1.54) is 19.0 Å². The number of H-pyrrole nitrogens is 1. The Bertz CT molecular complexity index is 1290. The van der Waals surface area contributed by atoms with Crippen molar-refractivity contribution in [1.82, 2.24) is 30.4 Å². The Balaban J connectivity index is 0.000000308. The molecule has 186 valence electrons. The minimum Gasteiger partial charge on any atom is -0.381 e. The Morgan fingerprint density at radius 2 is 1.89 bits per heavy atom. The maximum Gasteiger partial charge on any atom is 0.419 e. The van der Waals surface area contributed by atoms with E-state index in [2.05, 4.69) is 30.4 Å². The maximum absolute atomic E-state index is 13.3. The van der Waals surface area contributed by atoms with Crippen molar-refractivity contribution in [2.24, 2.45) is 0 Å². The van der Waals surface area contributed by atoms with E-state index in [0.717, 1.165) is 18.7 Å². The summed E-state index contributed by atoms with van der Waals surface area (Å²) >= 11 is 0. The van der Waals surface area contributed by atoms with Gasteiger partial charge in [-0.2, -0.15) is 13.2 Å². The van der Waals surface area contributed by atoms with Crippen molar-refractivity contribution in [3.05, 3.63) is 41.5 Å². The number of halogens is 3. The number of hydrogen-bond acceptors (Lipinski definition) is 8. The van der Waals surface area contributed by atoms with Crippen LogP contribution in [0, 0.1) is 13.8 Å². The number of aromatic amines is 1. The van der Waals surface area contributed by atoms with Gasteiger partial charge in [-0.1, -0.05) is 5.16 Å². The second kappa shape index (κ2) is 10.0. The number of alkyl halides is 3. The predicted octanol–water partition coefficient (Wildman–Crippen LogP) is 4.28. The highest BCUT2D eigenvalue weighted by molar-refractivity contribution is 5.94. The summed E-state index contributed by atoms with van der Waals surface area (Å²) in [4.78, 5) is 14.7. The molecule has 0 aromatic carbocycles. The Kier molecular flexibility index (Phi) is 7.03. The minimum absolute atomic E-state index is 0.240. The fourth-order valence-electron chi connectivity index (χ4n) is 4.03. The molecule has 1 fully saturated rings. The molecule has 0 unspecified atom stereocenters. The van der Waals surface area contributed by atoms with Gasteiger partial charge < -0.3 is 25.3 Å². The number of fused-ring (bicyclic) bond motifs is 1. The van der Waals surface area contributed by atoms with Gasteiger partial charge in [0.05, 0.1) is 28.7 Å². The summed E-state index contributed by atoms with van der Waals surface area (Å²) in [5.74, 6) is 0.363. The van der Waals surface area contributed by atoms with E-state index in [1.807, 2.05) is 0 Å². The summed E-state index contributed by atoms with van der Waals surface area (Å²) in [6, 6.07) is 3.37. The lowest BCUT2D eigenvalue weighted by Crippen LogP contribution is -2.31. The van der Waals surface area contributed by atoms with Crippen LogP contribution < -0.4 is 11.1 Å². The normalized spacial score (nSPS) is 14.7. The van der Waals surface area contributed by atoms with Gasteiger partial charge in [0.2, 0.25) is 5.95 Å². The van der Waals surface area contributed by atoms with Gasteiger partial charge in [0.1, 0.15) is 17.0 Å². The minimum atomic E-state index is -4.61. The van der Waals surface area contributed by atoms with E-state index in [1.54, 1.807) is 33.1 Å². The topological polar surface area (TPSA) is 128 Å². The Hall–Kier alpha value is -3.51. The first-order chi connectivity index (χ1) is 16.7. The van der Waals surface area contributed by atoms with Crippen molar-refractivity contribution in [2.45, 2.75) is 39.0 Å². The van der Waals surface area contributed by atoms with Gasteiger partial charge in [-0.25, -0.2) is 15.0 Å². The van der Waals surface area contributed by atoms with E-state index in [9.17, 15) is 13.2 Å². The molecule has 5 heterocycles. The predicted molar refractivity (Wildman–Crippen MR) is 124 cm³/mol. The zero-order valence-electron chi connectivity index (χ0n) is 19.5. The van der Waals surface area contributed by atoms with Gasteiger partial charge in [-0.3, -0.25) is 0 Å². The summed E-state index contributed by atoms with van der Waals surface area (Å²) in [5, 5.41) is 7.64. The van der Waals surface area contributed by atoms with Crippen molar-refractivity contribution in [2.75, 3.05) is 25.9 Å². The molecule has 0 radical (unpaired) electrons. The van der Waals surface area contributed by atoms with Crippen LogP contribution in [-0.4, -0.2) is 51.4 Å². The number of aromatic nitrogens is 5. The lowest BCUT2D eigenvalue weighted by Gasteiger charge is -2.20. The first kappa shape index (κ1) is 24.6. The zero-order chi connectivity index (χ0) is 25.2. The summed E-state index contributed by atoms with van der Waals surface area (Å²) < 4.78 is 50.3. The third-order valence-electron chi connectivity index (χ3n) is 5.82. The van der Waals surface area contributed by atoms with Crippen LogP contribution in [0.5, 0.6) is 0 Å². The molecular weight excluding hydrogens is 463 g/mol. The highest BCUT2D eigenvalue weighted by Gasteiger charge is 2.36. The SMILES string of the molecule is COC1CCNCC1.Cc1noc(C)c1-c1ccc2c(-c3nc(N)ncc3C(F)(F)F)c[nH]c2n1. The number of methoxy groups -OCH3 is 1. The molecule has 0 saturated carbocycles. The van der Waals surface area contributed by atoms with Gasteiger partial charge in [0.25, 0.3) is 0 Å². The maximum atomic E-state index is 13.3. The quantitative estimate of drug-likeness (QED) is 0.389. The molecule has 0 atom stereocenters. The number of pyridine rings is 1. The highest BCUT2D eigenvalue weighted by Crippen LogP contribution is 2.38. The molecular formula is C23H26F3N7O2. The Morgan fingerprint density at radius 3 is 2.49 bits per heavy atom. The Morgan fingerprint density at radius 1 is 1.14 bits per heavy atom. The fourth-order valence-corrected chi connectivity index (χ4v) is 4.03. The van der Waals surface area contributed by atoms with Crippen LogP contribution in [0.1, 0.15) is 29.9 Å². The second-order valence-electron chi connectivity index (χ2n) is 8.17. The lowest BCUT2D eigenvalue weighted by molar-refractivity contribution is -0.137. The molecule has 9 nitrogen and oxygen atoms in total. The summed E-state index contributed by atoms with van der Waals surface area (Å²) in [7, 11) is 1.79. The van der Waals surface area contributed by atoms with Crippen LogP contribution in [-0.2, 0) is 10.9 Å². The molecule has 1 aliphatic rings. The summed E-state index contributed by atoms with van der Waals surface area (Å²) in [5.41, 5.74) is 6.92. The van der Waals surface area contributed by atoms with Gasteiger partial charge in [0.15, 0.2) is 0 Å². The highest BCUT2D eigenvalue weighted by atomic mass is 19.4. The van der Waals surface area contributed by atoms with Crippen molar-refractivity contribution in [3.63, 3.8) is 0 Å². The van der Waals surface area contributed by atoms with Crippen molar-refractivity contribution in [3.8, 4) is 22.5 Å². The molecule has 4 aromatic rings. The van der Waals surface area contributed by atoms with E-state index in [4.69, 9.17) is 15.0 Å². The number of ether oxygens (including phenoxy) is 1. The van der Waals surface area contributed by atoms with Gasteiger partial charge in [-0.05, 0) is 51.9 Å². The van der Waals surface area contributed by atoms with Crippen molar-refractivity contribution < 1.29 is 22.4 Å². The molecule has 0 bridgehead atoms. The summed E-state index contributed by atoms with van der Waals surface area (Å²) in [6.45, 7) is 5.80. The van der Waals surface area contributed by atoms with Crippen molar-refractivity contribution in [1.29, 1.82) is 0 Å². The number of aryl methyl sites for hydroxylation is 2. The smallest absolute Gasteiger partial charge is 0.381 e. The lowest BCUT2D eigenvalue weighted by atomic mass is 10.1. The first-order valence-corrected chi connectivity index (χ1v) is 11.0. The molecule has 35 heavy (non-hydrogen) atoms. The van der Waals surface area contributed by atoms with Gasteiger partial charge in [0, 0.05) is 30.5 Å². The van der Waals surface area contributed by atoms with Crippen molar-refractivity contribution >= 4 is 17.0 Å². The second-order valence-corrected chi connectivity index (χ2v) is 8.17. The monoisotopic (exact) mass is 489 g/mol. The molecule has 0 spiro atoms. The van der Waals surface area contributed by atoms with Crippen LogP contribution >= 0.6 is 0 Å². The molecule has 12 heteroatoms. The number of nitrogens with one attached hydrogen (secondary N) is 2. The van der Waals surface area contributed by atoms with Crippen LogP contribution in [0.2, 0.25) is 0 Å². The van der Waals surface area contributed by atoms with Crippen LogP contribution in [0.25, 0.3) is 33.5 Å².